The number of ether oxygens (including phenoxy) is 1. The third-order valence-corrected chi connectivity index (χ3v) is 3.75. The summed E-state index contributed by atoms with van der Waals surface area (Å²) in [6.07, 6.45) is -0.897. The number of pyridine rings is 1. The van der Waals surface area contributed by atoms with E-state index in [-0.39, 0.29) is 11.6 Å². The minimum atomic E-state index is -4.49. The predicted molar refractivity (Wildman–Crippen MR) is 104 cm³/mol. The summed E-state index contributed by atoms with van der Waals surface area (Å²) in [4.78, 5) is 23.7. The Balaban J connectivity index is 1.59. The zero-order valence-corrected chi connectivity index (χ0v) is 15.5. The SMILES string of the molecule is Nc1ncccc1NCc1cccc(NC(=O)c2cnc(OCC(F)(F)F)cn2)c1. The number of nitrogens with one attached hydrogen (secondary N) is 2. The smallest absolute Gasteiger partial charge is 0.422 e. The molecule has 2 heterocycles. The molecule has 0 saturated carbocycles. The number of nitrogens with zero attached hydrogens (tertiary/aromatic N) is 3. The first-order chi connectivity index (χ1) is 14.3. The Bertz CT molecular complexity index is 1010. The van der Waals surface area contributed by atoms with Crippen LogP contribution >= 0.6 is 0 Å². The van der Waals surface area contributed by atoms with Crippen molar-refractivity contribution in [2.45, 2.75) is 12.7 Å². The van der Waals surface area contributed by atoms with Gasteiger partial charge in [-0.25, -0.2) is 15.0 Å². The number of carbonyl (C=O) groups is 1. The summed E-state index contributed by atoms with van der Waals surface area (Å²) in [5, 5.41) is 5.81. The van der Waals surface area contributed by atoms with E-state index in [0.29, 0.717) is 23.7 Å². The fourth-order valence-corrected chi connectivity index (χ4v) is 2.38. The van der Waals surface area contributed by atoms with Gasteiger partial charge in [0.2, 0.25) is 5.88 Å². The molecular formula is C19H17F3N6O2. The van der Waals surface area contributed by atoms with E-state index in [2.05, 4.69) is 30.3 Å². The van der Waals surface area contributed by atoms with Gasteiger partial charge in [0.1, 0.15) is 11.5 Å². The van der Waals surface area contributed by atoms with Crippen LogP contribution in [0.2, 0.25) is 0 Å². The topological polar surface area (TPSA) is 115 Å². The van der Waals surface area contributed by atoms with E-state index in [0.717, 1.165) is 18.0 Å². The lowest BCUT2D eigenvalue weighted by molar-refractivity contribution is -0.154. The van der Waals surface area contributed by atoms with Crippen LogP contribution in [0.3, 0.4) is 0 Å². The van der Waals surface area contributed by atoms with Crippen LogP contribution in [0.5, 0.6) is 5.88 Å². The highest BCUT2D eigenvalue weighted by atomic mass is 19.4. The number of alkyl halides is 3. The number of hydrogen-bond donors (Lipinski definition) is 3. The maximum Gasteiger partial charge on any atom is 0.422 e. The lowest BCUT2D eigenvalue weighted by atomic mass is 10.2. The third-order valence-electron chi connectivity index (χ3n) is 3.75. The molecule has 0 aliphatic rings. The Morgan fingerprint density at radius 1 is 1.10 bits per heavy atom. The molecule has 156 valence electrons. The van der Waals surface area contributed by atoms with Gasteiger partial charge in [0, 0.05) is 18.4 Å². The van der Waals surface area contributed by atoms with E-state index in [1.165, 1.54) is 0 Å². The van der Waals surface area contributed by atoms with Crippen LogP contribution in [-0.2, 0) is 6.54 Å². The molecule has 3 aromatic rings. The monoisotopic (exact) mass is 418 g/mol. The number of aromatic nitrogens is 3. The van der Waals surface area contributed by atoms with Crippen molar-refractivity contribution in [1.29, 1.82) is 0 Å². The number of hydrogen-bond acceptors (Lipinski definition) is 7. The van der Waals surface area contributed by atoms with E-state index in [1.807, 2.05) is 6.07 Å². The number of rotatable bonds is 7. The van der Waals surface area contributed by atoms with E-state index < -0.39 is 18.7 Å². The molecule has 1 aromatic carbocycles. The van der Waals surface area contributed by atoms with Crippen LogP contribution in [0.4, 0.5) is 30.4 Å². The highest BCUT2D eigenvalue weighted by molar-refractivity contribution is 6.02. The molecular weight excluding hydrogens is 401 g/mol. The van der Waals surface area contributed by atoms with Gasteiger partial charge in [-0.2, -0.15) is 13.2 Å². The number of nitrogen functional groups attached to an aromatic ring is 1. The molecule has 0 aliphatic carbocycles. The first-order valence-corrected chi connectivity index (χ1v) is 8.66. The molecule has 0 radical (unpaired) electrons. The number of anilines is 3. The van der Waals surface area contributed by atoms with E-state index in [1.54, 1.807) is 36.5 Å². The van der Waals surface area contributed by atoms with E-state index in [9.17, 15) is 18.0 Å². The Morgan fingerprint density at radius 3 is 2.63 bits per heavy atom. The van der Waals surface area contributed by atoms with E-state index >= 15 is 0 Å². The third kappa shape index (κ3) is 6.06. The van der Waals surface area contributed by atoms with Crippen LogP contribution in [0.15, 0.2) is 55.0 Å². The van der Waals surface area contributed by atoms with Crippen molar-refractivity contribution in [2.75, 3.05) is 23.0 Å². The van der Waals surface area contributed by atoms with Gasteiger partial charge in [-0.1, -0.05) is 12.1 Å². The molecule has 0 saturated heterocycles. The molecule has 1 amide bonds. The number of benzene rings is 1. The van der Waals surface area contributed by atoms with Crippen LogP contribution in [-0.4, -0.2) is 33.6 Å². The number of carbonyl (C=O) groups excluding carboxylic acids is 1. The van der Waals surface area contributed by atoms with E-state index in [4.69, 9.17) is 5.73 Å². The second kappa shape index (κ2) is 9.07. The zero-order valence-electron chi connectivity index (χ0n) is 15.5. The summed E-state index contributed by atoms with van der Waals surface area (Å²) < 4.78 is 40.9. The summed E-state index contributed by atoms with van der Waals surface area (Å²) >= 11 is 0. The van der Waals surface area contributed by atoms with Crippen molar-refractivity contribution >= 4 is 23.1 Å². The molecule has 8 nitrogen and oxygen atoms in total. The highest BCUT2D eigenvalue weighted by Crippen LogP contribution is 2.18. The standard InChI is InChI=1S/C19H17F3N6O2/c20-19(21,22)11-30-16-10-26-15(9-27-16)18(29)28-13-4-1-3-12(7-13)8-25-14-5-2-6-24-17(14)23/h1-7,9-10,25H,8,11H2,(H2,23,24)(H,28,29). The highest BCUT2D eigenvalue weighted by Gasteiger charge is 2.28. The van der Waals surface area contributed by atoms with Crippen molar-refractivity contribution in [2.24, 2.45) is 0 Å². The minimum Gasteiger partial charge on any atom is -0.467 e. The van der Waals surface area contributed by atoms with Crippen LogP contribution in [0, 0.1) is 0 Å². The number of amides is 1. The molecule has 2 aromatic heterocycles. The Labute approximate surface area is 169 Å². The molecule has 0 atom stereocenters. The second-order valence-corrected chi connectivity index (χ2v) is 6.09. The van der Waals surface area contributed by atoms with Gasteiger partial charge in [0.15, 0.2) is 6.61 Å². The van der Waals surface area contributed by atoms with Crippen molar-refractivity contribution in [3.05, 3.63) is 66.2 Å². The zero-order chi connectivity index (χ0) is 21.6. The summed E-state index contributed by atoms with van der Waals surface area (Å²) in [5.74, 6) is -0.513. The van der Waals surface area contributed by atoms with Crippen LogP contribution in [0.25, 0.3) is 0 Å². The summed E-state index contributed by atoms with van der Waals surface area (Å²) in [6, 6.07) is 10.6. The molecule has 0 bridgehead atoms. The maximum absolute atomic E-state index is 12.3. The molecule has 11 heteroatoms. The fourth-order valence-electron chi connectivity index (χ4n) is 2.38. The normalized spacial score (nSPS) is 11.0. The molecule has 3 rings (SSSR count). The van der Waals surface area contributed by atoms with Crippen molar-refractivity contribution in [3.8, 4) is 5.88 Å². The lowest BCUT2D eigenvalue weighted by Crippen LogP contribution is -2.20. The molecule has 30 heavy (non-hydrogen) atoms. The van der Waals surface area contributed by atoms with Gasteiger partial charge >= 0.3 is 6.18 Å². The second-order valence-electron chi connectivity index (χ2n) is 6.09. The van der Waals surface area contributed by atoms with Gasteiger partial charge in [-0.15, -0.1) is 0 Å². The summed E-state index contributed by atoms with van der Waals surface area (Å²) in [5.41, 5.74) is 7.79. The number of halogens is 3. The molecule has 0 fully saturated rings. The van der Waals surface area contributed by atoms with Crippen LogP contribution < -0.4 is 21.1 Å². The molecule has 0 spiro atoms. The summed E-state index contributed by atoms with van der Waals surface area (Å²) in [6.45, 7) is -1.04. The largest absolute Gasteiger partial charge is 0.467 e. The first-order valence-electron chi connectivity index (χ1n) is 8.66. The van der Waals surface area contributed by atoms with Gasteiger partial charge in [0.05, 0.1) is 18.1 Å². The van der Waals surface area contributed by atoms with Crippen molar-refractivity contribution < 1.29 is 22.7 Å². The lowest BCUT2D eigenvalue weighted by Gasteiger charge is -2.10. The Morgan fingerprint density at radius 2 is 1.93 bits per heavy atom. The quantitative estimate of drug-likeness (QED) is 0.539. The van der Waals surface area contributed by atoms with Crippen molar-refractivity contribution in [3.63, 3.8) is 0 Å². The fraction of sp³-hybridized carbons (Fsp3) is 0.158. The average Bonchev–Trinajstić information content (AvgIpc) is 2.72. The maximum atomic E-state index is 12.3. The molecule has 0 unspecified atom stereocenters. The molecule has 4 N–H and O–H groups in total. The van der Waals surface area contributed by atoms with Crippen LogP contribution in [0.1, 0.15) is 16.1 Å². The Kier molecular flexibility index (Phi) is 6.30. The molecule has 0 aliphatic heterocycles. The predicted octanol–water partition coefficient (Wildman–Crippen LogP) is 3.26. The first kappa shape index (κ1) is 20.8. The summed E-state index contributed by atoms with van der Waals surface area (Å²) in [7, 11) is 0. The van der Waals surface area contributed by atoms with Gasteiger partial charge in [-0.05, 0) is 29.8 Å². The van der Waals surface area contributed by atoms with Gasteiger partial charge in [0.25, 0.3) is 5.91 Å². The average molecular weight is 418 g/mol. The number of nitrogens with two attached hydrogens (primary N) is 1. The van der Waals surface area contributed by atoms with Gasteiger partial charge < -0.3 is 21.1 Å². The minimum absolute atomic E-state index is 0.0685. The van der Waals surface area contributed by atoms with Gasteiger partial charge in [-0.3, -0.25) is 4.79 Å². The Hall–Kier alpha value is -3.89. The van der Waals surface area contributed by atoms with Crippen molar-refractivity contribution in [1.82, 2.24) is 15.0 Å².